The molecule has 1 saturated heterocycles. The van der Waals surface area contributed by atoms with E-state index in [1.165, 1.54) is 5.56 Å². The fraction of sp³-hybridized carbons (Fsp3) is 0.429. The van der Waals surface area contributed by atoms with Crippen molar-refractivity contribution >= 4 is 0 Å². The van der Waals surface area contributed by atoms with Gasteiger partial charge < -0.3 is 14.2 Å². The summed E-state index contributed by atoms with van der Waals surface area (Å²) in [5, 5.41) is 0. The van der Waals surface area contributed by atoms with Crippen LogP contribution in [0.4, 0.5) is 0 Å². The summed E-state index contributed by atoms with van der Waals surface area (Å²) < 4.78 is 17.6. The minimum atomic E-state index is -0.199. The number of benzene rings is 2. The van der Waals surface area contributed by atoms with Gasteiger partial charge in [0.15, 0.2) is 11.5 Å². The quantitative estimate of drug-likeness (QED) is 0.764. The Morgan fingerprint density at radius 2 is 1.88 bits per heavy atom. The van der Waals surface area contributed by atoms with E-state index in [1.54, 1.807) is 7.11 Å². The molecule has 0 N–H and O–H groups in total. The molecule has 1 aliphatic rings. The molecule has 1 aliphatic heterocycles. The first-order chi connectivity index (χ1) is 12.1. The number of methoxy groups -OCH3 is 1. The first kappa shape index (κ1) is 17.6. The van der Waals surface area contributed by atoms with E-state index >= 15 is 0 Å². The van der Waals surface area contributed by atoms with Crippen LogP contribution in [0.15, 0.2) is 48.5 Å². The summed E-state index contributed by atoms with van der Waals surface area (Å²) in [5.41, 5.74) is 0.968. The molecule has 1 unspecified atom stereocenters. The van der Waals surface area contributed by atoms with Crippen molar-refractivity contribution in [1.29, 1.82) is 0 Å². The van der Waals surface area contributed by atoms with Crippen LogP contribution < -0.4 is 14.2 Å². The molecule has 0 aliphatic carbocycles. The Morgan fingerprint density at radius 3 is 2.64 bits per heavy atom. The van der Waals surface area contributed by atoms with Crippen LogP contribution in [0.3, 0.4) is 0 Å². The van der Waals surface area contributed by atoms with E-state index in [2.05, 4.69) is 24.8 Å². The SMILES string of the molecule is COc1cc(C)ccc1OC1(C)CCN(CCOc2ccccc2)C1. The molecule has 0 aromatic heterocycles. The maximum Gasteiger partial charge on any atom is 0.162 e. The molecule has 0 bridgehead atoms. The van der Waals surface area contributed by atoms with Crippen molar-refractivity contribution < 1.29 is 14.2 Å². The van der Waals surface area contributed by atoms with E-state index < -0.39 is 0 Å². The normalized spacial score (nSPS) is 20.4. The fourth-order valence-corrected chi connectivity index (χ4v) is 3.23. The molecule has 1 atom stereocenters. The summed E-state index contributed by atoms with van der Waals surface area (Å²) in [7, 11) is 1.69. The molecule has 0 amide bonds. The van der Waals surface area contributed by atoms with Gasteiger partial charge in [-0.3, -0.25) is 4.90 Å². The number of hydrogen-bond acceptors (Lipinski definition) is 4. The van der Waals surface area contributed by atoms with Gasteiger partial charge in [-0.2, -0.15) is 0 Å². The van der Waals surface area contributed by atoms with Gasteiger partial charge in [-0.25, -0.2) is 0 Å². The Balaban J connectivity index is 1.52. The van der Waals surface area contributed by atoms with Gasteiger partial charge in [-0.15, -0.1) is 0 Å². The van der Waals surface area contributed by atoms with Crippen LogP contribution in [0.25, 0.3) is 0 Å². The summed E-state index contributed by atoms with van der Waals surface area (Å²) in [6, 6.07) is 16.0. The molecule has 0 saturated carbocycles. The Bertz CT molecular complexity index is 689. The first-order valence-corrected chi connectivity index (χ1v) is 8.82. The molecule has 1 fully saturated rings. The summed E-state index contributed by atoms with van der Waals surface area (Å²) >= 11 is 0. The lowest BCUT2D eigenvalue weighted by atomic mass is 10.1. The van der Waals surface area contributed by atoms with Crippen LogP contribution in [0.2, 0.25) is 0 Å². The van der Waals surface area contributed by atoms with Gasteiger partial charge in [0, 0.05) is 26.1 Å². The van der Waals surface area contributed by atoms with E-state index in [0.717, 1.165) is 43.3 Å². The number of ether oxygens (including phenoxy) is 3. The Kier molecular flexibility index (Phi) is 5.49. The third kappa shape index (κ3) is 4.67. The van der Waals surface area contributed by atoms with Crippen LogP contribution in [-0.2, 0) is 0 Å². The van der Waals surface area contributed by atoms with Crippen molar-refractivity contribution in [2.24, 2.45) is 0 Å². The van der Waals surface area contributed by atoms with Crippen LogP contribution >= 0.6 is 0 Å². The molecular formula is C21H27NO3. The van der Waals surface area contributed by atoms with Crippen molar-refractivity contribution in [3.63, 3.8) is 0 Å². The van der Waals surface area contributed by atoms with Crippen molar-refractivity contribution in [2.45, 2.75) is 25.9 Å². The Hall–Kier alpha value is -2.20. The number of para-hydroxylation sites is 1. The largest absolute Gasteiger partial charge is 0.493 e. The summed E-state index contributed by atoms with van der Waals surface area (Å²) in [5.74, 6) is 2.54. The van der Waals surface area contributed by atoms with Gasteiger partial charge in [0.05, 0.1) is 7.11 Å². The summed E-state index contributed by atoms with van der Waals surface area (Å²) in [6.45, 7) is 7.72. The molecule has 2 aromatic carbocycles. The van der Waals surface area contributed by atoms with Crippen molar-refractivity contribution in [1.82, 2.24) is 4.90 Å². The number of hydrogen-bond donors (Lipinski definition) is 0. The zero-order valence-corrected chi connectivity index (χ0v) is 15.3. The maximum absolute atomic E-state index is 6.33. The standard InChI is InChI=1S/C21H27NO3/c1-17-9-10-19(20(15-17)23-3)25-21(2)11-12-22(16-21)13-14-24-18-7-5-4-6-8-18/h4-10,15H,11-14,16H2,1-3H3. The number of rotatable bonds is 7. The Labute approximate surface area is 150 Å². The second kappa shape index (κ2) is 7.79. The van der Waals surface area contributed by atoms with E-state index in [4.69, 9.17) is 14.2 Å². The molecule has 2 aromatic rings. The van der Waals surface area contributed by atoms with E-state index in [0.29, 0.717) is 6.61 Å². The lowest BCUT2D eigenvalue weighted by Crippen LogP contribution is -2.37. The molecule has 4 nitrogen and oxygen atoms in total. The molecule has 134 valence electrons. The molecule has 4 heteroatoms. The third-order valence-electron chi connectivity index (χ3n) is 4.61. The highest BCUT2D eigenvalue weighted by Gasteiger charge is 2.36. The van der Waals surface area contributed by atoms with Crippen molar-refractivity contribution in [2.75, 3.05) is 33.4 Å². The van der Waals surface area contributed by atoms with E-state index in [9.17, 15) is 0 Å². The molecule has 1 heterocycles. The average Bonchev–Trinajstić information content (AvgIpc) is 2.98. The first-order valence-electron chi connectivity index (χ1n) is 8.82. The fourth-order valence-electron chi connectivity index (χ4n) is 3.23. The number of nitrogens with zero attached hydrogens (tertiary/aromatic N) is 1. The number of likely N-dealkylation sites (tertiary alicyclic amines) is 1. The van der Waals surface area contributed by atoms with Crippen molar-refractivity contribution in [3.8, 4) is 17.2 Å². The van der Waals surface area contributed by atoms with Gasteiger partial charge in [0.25, 0.3) is 0 Å². The summed E-state index contributed by atoms with van der Waals surface area (Å²) in [4.78, 5) is 2.39. The molecule has 0 spiro atoms. The van der Waals surface area contributed by atoms with Crippen LogP contribution in [0, 0.1) is 6.92 Å². The van der Waals surface area contributed by atoms with Crippen LogP contribution in [0.5, 0.6) is 17.2 Å². The summed E-state index contributed by atoms with van der Waals surface area (Å²) in [6.07, 6.45) is 0.995. The van der Waals surface area contributed by atoms with Crippen LogP contribution in [0.1, 0.15) is 18.9 Å². The van der Waals surface area contributed by atoms with Crippen molar-refractivity contribution in [3.05, 3.63) is 54.1 Å². The highest BCUT2D eigenvalue weighted by atomic mass is 16.5. The van der Waals surface area contributed by atoms with Gasteiger partial charge in [0.1, 0.15) is 18.0 Å². The minimum Gasteiger partial charge on any atom is -0.493 e. The maximum atomic E-state index is 6.33. The Morgan fingerprint density at radius 1 is 1.08 bits per heavy atom. The second-order valence-electron chi connectivity index (χ2n) is 6.89. The van der Waals surface area contributed by atoms with E-state index in [1.807, 2.05) is 42.5 Å². The zero-order chi connectivity index (χ0) is 17.7. The molecular weight excluding hydrogens is 314 g/mol. The lowest BCUT2D eigenvalue weighted by molar-refractivity contribution is 0.0897. The molecule has 3 rings (SSSR count). The van der Waals surface area contributed by atoms with E-state index in [-0.39, 0.29) is 5.60 Å². The predicted octanol–water partition coefficient (Wildman–Crippen LogP) is 3.93. The molecule has 25 heavy (non-hydrogen) atoms. The highest BCUT2D eigenvalue weighted by Crippen LogP contribution is 2.34. The minimum absolute atomic E-state index is 0.199. The third-order valence-corrected chi connectivity index (χ3v) is 4.61. The van der Waals surface area contributed by atoms with Gasteiger partial charge in [-0.05, 0) is 43.7 Å². The topological polar surface area (TPSA) is 30.9 Å². The van der Waals surface area contributed by atoms with Crippen LogP contribution in [-0.4, -0.2) is 43.9 Å². The van der Waals surface area contributed by atoms with Gasteiger partial charge in [0.2, 0.25) is 0 Å². The number of aryl methyl sites for hydroxylation is 1. The van der Waals surface area contributed by atoms with Gasteiger partial charge >= 0.3 is 0 Å². The second-order valence-corrected chi connectivity index (χ2v) is 6.89. The predicted molar refractivity (Wildman–Crippen MR) is 99.8 cm³/mol. The average molecular weight is 341 g/mol. The monoisotopic (exact) mass is 341 g/mol. The smallest absolute Gasteiger partial charge is 0.162 e. The zero-order valence-electron chi connectivity index (χ0n) is 15.3. The highest BCUT2D eigenvalue weighted by molar-refractivity contribution is 5.43. The lowest BCUT2D eigenvalue weighted by Gasteiger charge is -2.27. The van der Waals surface area contributed by atoms with Gasteiger partial charge in [-0.1, -0.05) is 24.3 Å². The molecule has 0 radical (unpaired) electrons.